The number of phenols is 1. The molecular formula is C31H45NO4. The molecule has 0 bridgehead atoms. The van der Waals surface area contributed by atoms with E-state index in [4.69, 9.17) is 9.47 Å². The molecule has 0 amide bonds. The highest BCUT2D eigenvalue weighted by atomic mass is 16.5. The van der Waals surface area contributed by atoms with Crippen LogP contribution in [0.25, 0.3) is 0 Å². The Kier molecular flexibility index (Phi) is 15.1. The van der Waals surface area contributed by atoms with Crippen molar-refractivity contribution in [1.29, 1.82) is 0 Å². The van der Waals surface area contributed by atoms with Crippen LogP contribution < -0.4 is 4.74 Å². The molecule has 0 aliphatic rings. The van der Waals surface area contributed by atoms with Crippen LogP contribution in [-0.4, -0.2) is 37.0 Å². The van der Waals surface area contributed by atoms with Crippen LogP contribution in [0.4, 0.5) is 0 Å². The highest BCUT2D eigenvalue weighted by Crippen LogP contribution is 2.23. The molecule has 0 aliphatic carbocycles. The number of nitrogens with zero attached hydrogens (tertiary/aromatic N) is 1. The lowest BCUT2D eigenvalue weighted by molar-refractivity contribution is -0.142. The third-order valence-electron chi connectivity index (χ3n) is 6.41. The van der Waals surface area contributed by atoms with Crippen molar-refractivity contribution < 1.29 is 19.4 Å². The van der Waals surface area contributed by atoms with E-state index >= 15 is 0 Å². The summed E-state index contributed by atoms with van der Waals surface area (Å²) in [5, 5.41) is 10.4. The Labute approximate surface area is 218 Å². The van der Waals surface area contributed by atoms with Gasteiger partial charge in [0.05, 0.1) is 13.7 Å². The molecule has 0 aromatic heterocycles. The SMILES string of the molecule is CCCCCCCCCCCCCCOc1ccc(C=NC(Cc2ccccc2)C(=O)OC)c(O)c1. The number of carbonyl (C=O) groups is 1. The van der Waals surface area contributed by atoms with E-state index in [-0.39, 0.29) is 5.75 Å². The van der Waals surface area contributed by atoms with Crippen molar-refractivity contribution in [1.82, 2.24) is 0 Å². The van der Waals surface area contributed by atoms with Gasteiger partial charge in [0.1, 0.15) is 11.5 Å². The number of aromatic hydroxyl groups is 1. The summed E-state index contributed by atoms with van der Waals surface area (Å²) < 4.78 is 10.7. The van der Waals surface area contributed by atoms with Crippen LogP contribution in [0.15, 0.2) is 53.5 Å². The van der Waals surface area contributed by atoms with Gasteiger partial charge in [-0.3, -0.25) is 4.99 Å². The normalized spacial score (nSPS) is 12.1. The third kappa shape index (κ3) is 12.2. The number of hydrogen-bond acceptors (Lipinski definition) is 5. The second kappa shape index (κ2) is 18.4. The van der Waals surface area contributed by atoms with Crippen molar-refractivity contribution in [2.75, 3.05) is 13.7 Å². The Hall–Kier alpha value is -2.82. The fourth-order valence-electron chi connectivity index (χ4n) is 4.20. The molecule has 36 heavy (non-hydrogen) atoms. The molecule has 198 valence electrons. The Morgan fingerprint density at radius 3 is 2.08 bits per heavy atom. The van der Waals surface area contributed by atoms with E-state index in [1.807, 2.05) is 36.4 Å². The molecule has 2 aromatic carbocycles. The molecule has 0 fully saturated rings. The van der Waals surface area contributed by atoms with E-state index < -0.39 is 12.0 Å². The van der Waals surface area contributed by atoms with Gasteiger partial charge < -0.3 is 14.6 Å². The Morgan fingerprint density at radius 1 is 0.889 bits per heavy atom. The Balaban J connectivity index is 1.66. The number of unbranched alkanes of at least 4 members (excludes halogenated alkanes) is 11. The maximum absolute atomic E-state index is 12.2. The number of carbonyl (C=O) groups excluding carboxylic acids is 1. The first-order chi connectivity index (χ1) is 17.6. The van der Waals surface area contributed by atoms with Gasteiger partial charge in [0, 0.05) is 24.3 Å². The molecule has 1 unspecified atom stereocenters. The molecule has 5 heteroatoms. The Bertz CT molecular complexity index is 881. The van der Waals surface area contributed by atoms with Crippen LogP contribution in [0.5, 0.6) is 11.5 Å². The quantitative estimate of drug-likeness (QED) is 0.123. The zero-order valence-electron chi connectivity index (χ0n) is 22.3. The lowest BCUT2D eigenvalue weighted by Crippen LogP contribution is -2.23. The Morgan fingerprint density at radius 2 is 1.50 bits per heavy atom. The predicted molar refractivity (Wildman–Crippen MR) is 148 cm³/mol. The molecule has 0 heterocycles. The molecule has 0 saturated carbocycles. The molecule has 0 spiro atoms. The number of methoxy groups -OCH3 is 1. The van der Waals surface area contributed by atoms with Crippen LogP contribution in [-0.2, 0) is 16.0 Å². The van der Waals surface area contributed by atoms with Gasteiger partial charge in [-0.05, 0) is 24.1 Å². The number of aliphatic imine (C=N–C) groups is 1. The summed E-state index contributed by atoms with van der Waals surface area (Å²) in [6, 6.07) is 14.2. The smallest absolute Gasteiger partial charge is 0.330 e. The topological polar surface area (TPSA) is 68.1 Å². The second-order valence-corrected chi connectivity index (χ2v) is 9.47. The number of esters is 1. The van der Waals surface area contributed by atoms with Crippen molar-refractivity contribution in [2.45, 2.75) is 96.4 Å². The number of phenolic OH excluding ortho intramolecular Hbond substituents is 1. The number of hydrogen-bond donors (Lipinski definition) is 1. The minimum absolute atomic E-state index is 0.0780. The number of benzene rings is 2. The van der Waals surface area contributed by atoms with E-state index in [0.29, 0.717) is 24.3 Å². The summed E-state index contributed by atoms with van der Waals surface area (Å²) in [6.07, 6.45) is 17.7. The summed E-state index contributed by atoms with van der Waals surface area (Å²) in [7, 11) is 1.36. The second-order valence-electron chi connectivity index (χ2n) is 9.47. The fourth-order valence-corrected chi connectivity index (χ4v) is 4.20. The highest BCUT2D eigenvalue weighted by molar-refractivity contribution is 5.86. The van der Waals surface area contributed by atoms with Crippen LogP contribution in [0.2, 0.25) is 0 Å². The summed E-state index contributed by atoms with van der Waals surface area (Å²) >= 11 is 0. The molecule has 2 aromatic rings. The van der Waals surface area contributed by atoms with Crippen LogP contribution in [0.1, 0.15) is 95.1 Å². The van der Waals surface area contributed by atoms with Gasteiger partial charge in [-0.2, -0.15) is 0 Å². The number of ether oxygens (including phenoxy) is 2. The van der Waals surface area contributed by atoms with Crippen LogP contribution >= 0.6 is 0 Å². The number of rotatable bonds is 19. The van der Waals surface area contributed by atoms with Gasteiger partial charge in [0.25, 0.3) is 0 Å². The predicted octanol–water partition coefficient (Wildman–Crippen LogP) is 7.68. The summed E-state index contributed by atoms with van der Waals surface area (Å²) in [5.74, 6) is 0.313. The molecule has 5 nitrogen and oxygen atoms in total. The van der Waals surface area contributed by atoms with Crippen molar-refractivity contribution >= 4 is 12.2 Å². The van der Waals surface area contributed by atoms with E-state index in [0.717, 1.165) is 12.0 Å². The maximum atomic E-state index is 12.2. The molecule has 1 N–H and O–H groups in total. The van der Waals surface area contributed by atoms with Crippen molar-refractivity contribution in [3.05, 3.63) is 59.7 Å². The van der Waals surface area contributed by atoms with E-state index in [9.17, 15) is 9.90 Å². The lowest BCUT2D eigenvalue weighted by Gasteiger charge is -2.11. The summed E-state index contributed by atoms with van der Waals surface area (Å²) in [5.41, 5.74) is 1.53. The average Bonchev–Trinajstić information content (AvgIpc) is 2.90. The monoisotopic (exact) mass is 495 g/mol. The zero-order chi connectivity index (χ0) is 25.8. The largest absolute Gasteiger partial charge is 0.507 e. The standard InChI is InChI=1S/C31H45NO4/c1-3-4-5-6-7-8-9-10-11-12-13-17-22-36-28-21-20-27(30(33)24-28)25-32-29(31(34)35-2)23-26-18-15-14-16-19-26/h14-16,18-21,24-25,29,33H,3-13,17,22-23H2,1-2H3. The molecular weight excluding hydrogens is 450 g/mol. The molecule has 1 atom stereocenters. The molecule has 0 saturated heterocycles. The minimum atomic E-state index is -0.668. The van der Waals surface area contributed by atoms with Gasteiger partial charge in [-0.25, -0.2) is 4.79 Å². The third-order valence-corrected chi connectivity index (χ3v) is 6.41. The van der Waals surface area contributed by atoms with Crippen molar-refractivity contribution in [2.24, 2.45) is 4.99 Å². The molecule has 0 radical (unpaired) electrons. The average molecular weight is 496 g/mol. The van der Waals surface area contributed by atoms with Crippen molar-refractivity contribution in [3.63, 3.8) is 0 Å². The van der Waals surface area contributed by atoms with Gasteiger partial charge in [-0.15, -0.1) is 0 Å². The lowest BCUT2D eigenvalue weighted by atomic mass is 10.1. The van der Waals surface area contributed by atoms with Crippen molar-refractivity contribution in [3.8, 4) is 11.5 Å². The summed E-state index contributed by atoms with van der Waals surface area (Å²) in [4.78, 5) is 16.6. The zero-order valence-corrected chi connectivity index (χ0v) is 22.3. The molecule has 0 aliphatic heterocycles. The first-order valence-electron chi connectivity index (χ1n) is 13.7. The van der Waals surface area contributed by atoms with Crippen LogP contribution in [0, 0.1) is 0 Å². The molecule has 2 rings (SSSR count). The van der Waals surface area contributed by atoms with Gasteiger partial charge in [0.2, 0.25) is 0 Å². The van der Waals surface area contributed by atoms with Gasteiger partial charge in [0.15, 0.2) is 6.04 Å². The van der Waals surface area contributed by atoms with Gasteiger partial charge in [-0.1, -0.05) is 108 Å². The van der Waals surface area contributed by atoms with E-state index in [2.05, 4.69) is 11.9 Å². The highest BCUT2D eigenvalue weighted by Gasteiger charge is 2.18. The summed E-state index contributed by atoms with van der Waals surface area (Å²) in [6.45, 7) is 2.91. The van der Waals surface area contributed by atoms with E-state index in [1.54, 1.807) is 12.1 Å². The van der Waals surface area contributed by atoms with Gasteiger partial charge >= 0.3 is 5.97 Å². The minimum Gasteiger partial charge on any atom is -0.507 e. The first-order valence-corrected chi connectivity index (χ1v) is 13.7. The van der Waals surface area contributed by atoms with Crippen LogP contribution in [0.3, 0.4) is 0 Å². The van der Waals surface area contributed by atoms with E-state index in [1.165, 1.54) is 84.0 Å². The first kappa shape index (κ1) is 29.4. The maximum Gasteiger partial charge on any atom is 0.330 e. The fraction of sp³-hybridized carbons (Fsp3) is 0.548.